The van der Waals surface area contributed by atoms with Crippen LogP contribution in [-0.4, -0.2) is 39.4 Å². The first-order valence-electron chi connectivity index (χ1n) is 8.72. The van der Waals surface area contributed by atoms with Gasteiger partial charge in [0.2, 0.25) is 15.9 Å². The van der Waals surface area contributed by atoms with Gasteiger partial charge in [0.25, 0.3) is 0 Å². The smallest absolute Gasteiger partial charge is 0.240 e. The fraction of sp³-hybridized carbons (Fsp3) is 0.611. The van der Waals surface area contributed by atoms with E-state index >= 15 is 0 Å². The first-order chi connectivity index (χ1) is 11.4. The van der Waals surface area contributed by atoms with Crippen LogP contribution in [0.15, 0.2) is 29.2 Å². The van der Waals surface area contributed by atoms with Crippen LogP contribution in [-0.2, 0) is 21.2 Å². The second-order valence-corrected chi connectivity index (χ2v) is 8.39. The molecular formula is C18H28N2O3S. The Balaban J connectivity index is 1.89. The molecule has 0 aromatic heterocycles. The molecule has 1 saturated carbocycles. The number of nitrogens with zero attached hydrogens (tertiary/aromatic N) is 1. The Kier molecular flexibility index (Phi) is 6.80. The summed E-state index contributed by atoms with van der Waals surface area (Å²) in [6, 6.07) is 7.11. The SMILES string of the molecule is CNS(=O)(=O)c1ccc(CCC(=O)N(C)C2CCCCCC2)cc1. The molecule has 0 radical (unpaired) electrons. The van der Waals surface area contributed by atoms with Crippen LogP contribution >= 0.6 is 0 Å². The van der Waals surface area contributed by atoms with Crippen molar-refractivity contribution in [2.45, 2.75) is 62.3 Å². The molecule has 2 rings (SSSR count). The third-order valence-corrected chi connectivity index (χ3v) is 6.33. The van der Waals surface area contributed by atoms with Crippen molar-refractivity contribution >= 4 is 15.9 Å². The molecule has 6 heteroatoms. The van der Waals surface area contributed by atoms with Gasteiger partial charge in [0.05, 0.1) is 4.90 Å². The monoisotopic (exact) mass is 352 g/mol. The van der Waals surface area contributed by atoms with Crippen molar-refractivity contribution in [3.63, 3.8) is 0 Å². The molecule has 1 amide bonds. The van der Waals surface area contributed by atoms with Crippen molar-refractivity contribution in [2.24, 2.45) is 0 Å². The predicted molar refractivity (Wildman–Crippen MR) is 95.3 cm³/mol. The van der Waals surface area contributed by atoms with E-state index in [0.29, 0.717) is 18.9 Å². The first kappa shape index (κ1) is 18.9. The van der Waals surface area contributed by atoms with Gasteiger partial charge in [0.1, 0.15) is 0 Å². The Morgan fingerprint density at radius 3 is 2.25 bits per heavy atom. The molecule has 1 fully saturated rings. The summed E-state index contributed by atoms with van der Waals surface area (Å²) >= 11 is 0. The van der Waals surface area contributed by atoms with Crippen molar-refractivity contribution < 1.29 is 13.2 Å². The number of nitrogens with one attached hydrogen (secondary N) is 1. The molecule has 24 heavy (non-hydrogen) atoms. The van der Waals surface area contributed by atoms with Gasteiger partial charge in [-0.15, -0.1) is 0 Å². The van der Waals surface area contributed by atoms with Gasteiger partial charge in [-0.2, -0.15) is 0 Å². The summed E-state index contributed by atoms with van der Waals surface area (Å²) in [6.45, 7) is 0. The van der Waals surface area contributed by atoms with E-state index in [1.807, 2.05) is 11.9 Å². The zero-order chi connectivity index (χ0) is 17.6. The zero-order valence-corrected chi connectivity index (χ0v) is 15.4. The van der Waals surface area contributed by atoms with Crippen LogP contribution in [0.25, 0.3) is 0 Å². The van der Waals surface area contributed by atoms with Crippen molar-refractivity contribution in [1.82, 2.24) is 9.62 Å². The number of carbonyl (C=O) groups is 1. The number of carbonyl (C=O) groups excluding carboxylic acids is 1. The van der Waals surface area contributed by atoms with Crippen LogP contribution in [0.2, 0.25) is 0 Å². The number of aryl methyl sites for hydroxylation is 1. The van der Waals surface area contributed by atoms with Gasteiger partial charge in [0.15, 0.2) is 0 Å². The van der Waals surface area contributed by atoms with Crippen LogP contribution in [0.4, 0.5) is 0 Å². The Morgan fingerprint density at radius 1 is 1.12 bits per heavy atom. The summed E-state index contributed by atoms with van der Waals surface area (Å²) in [5, 5.41) is 0. The average molecular weight is 353 g/mol. The molecule has 0 atom stereocenters. The van der Waals surface area contributed by atoms with Crippen molar-refractivity contribution in [1.29, 1.82) is 0 Å². The van der Waals surface area contributed by atoms with E-state index in [1.165, 1.54) is 32.7 Å². The number of rotatable bonds is 6. The Hall–Kier alpha value is -1.40. The number of sulfonamides is 1. The maximum absolute atomic E-state index is 12.4. The molecule has 1 N–H and O–H groups in total. The topological polar surface area (TPSA) is 66.5 Å². The highest BCUT2D eigenvalue weighted by Gasteiger charge is 2.20. The van der Waals surface area contributed by atoms with E-state index in [0.717, 1.165) is 18.4 Å². The molecule has 1 aliphatic rings. The summed E-state index contributed by atoms with van der Waals surface area (Å²) < 4.78 is 25.7. The molecule has 0 bridgehead atoms. The van der Waals surface area contributed by atoms with Crippen molar-refractivity contribution in [3.8, 4) is 0 Å². The quantitative estimate of drug-likeness (QED) is 0.801. The van der Waals surface area contributed by atoms with Gasteiger partial charge in [-0.25, -0.2) is 13.1 Å². The average Bonchev–Trinajstić information content (AvgIpc) is 2.88. The largest absolute Gasteiger partial charge is 0.343 e. The van der Waals surface area contributed by atoms with Crippen LogP contribution in [0, 0.1) is 0 Å². The van der Waals surface area contributed by atoms with Crippen molar-refractivity contribution in [3.05, 3.63) is 29.8 Å². The van der Waals surface area contributed by atoms with Gasteiger partial charge in [-0.3, -0.25) is 4.79 Å². The maximum Gasteiger partial charge on any atom is 0.240 e. The van der Waals surface area contributed by atoms with Crippen molar-refractivity contribution in [2.75, 3.05) is 14.1 Å². The first-order valence-corrected chi connectivity index (χ1v) is 10.2. The fourth-order valence-corrected chi connectivity index (χ4v) is 3.96. The van der Waals surface area contributed by atoms with E-state index in [4.69, 9.17) is 0 Å². The van der Waals surface area contributed by atoms with Gasteiger partial charge >= 0.3 is 0 Å². The second kappa shape index (κ2) is 8.62. The molecule has 1 aliphatic carbocycles. The highest BCUT2D eigenvalue weighted by molar-refractivity contribution is 7.89. The lowest BCUT2D eigenvalue weighted by Crippen LogP contribution is -2.36. The molecule has 1 aromatic rings. The molecule has 0 spiro atoms. The normalized spacial score (nSPS) is 16.6. The lowest BCUT2D eigenvalue weighted by molar-refractivity contribution is -0.132. The van der Waals surface area contributed by atoms with Crippen LogP contribution in [0.1, 0.15) is 50.5 Å². The fourth-order valence-electron chi connectivity index (χ4n) is 3.23. The Labute approximate surface area is 145 Å². The van der Waals surface area contributed by atoms with Gasteiger partial charge < -0.3 is 4.90 Å². The van der Waals surface area contributed by atoms with Crippen LogP contribution in [0.3, 0.4) is 0 Å². The number of benzene rings is 1. The minimum absolute atomic E-state index is 0.175. The number of amides is 1. The number of hydrogen-bond donors (Lipinski definition) is 1. The van der Waals surface area contributed by atoms with Gasteiger partial charge in [-0.1, -0.05) is 37.8 Å². The van der Waals surface area contributed by atoms with E-state index in [9.17, 15) is 13.2 Å². The summed E-state index contributed by atoms with van der Waals surface area (Å²) in [7, 11) is -0.0911. The van der Waals surface area contributed by atoms with Crippen LogP contribution < -0.4 is 4.72 Å². The van der Waals surface area contributed by atoms with Gasteiger partial charge in [0, 0.05) is 19.5 Å². The van der Waals surface area contributed by atoms with Crippen LogP contribution in [0.5, 0.6) is 0 Å². The summed E-state index contributed by atoms with van der Waals surface area (Å²) in [6.07, 6.45) is 8.30. The standard InChI is InChI=1S/C18H28N2O3S/c1-19-24(22,23)17-12-9-15(10-13-17)11-14-18(21)20(2)16-7-5-3-4-6-8-16/h9-10,12-13,16,19H,3-8,11,14H2,1-2H3. The van der Waals surface area contributed by atoms with E-state index < -0.39 is 10.0 Å². The summed E-state index contributed by atoms with van der Waals surface area (Å²) in [4.78, 5) is 14.6. The molecule has 0 unspecified atom stereocenters. The molecular weight excluding hydrogens is 324 g/mol. The predicted octanol–water partition coefficient (Wildman–Crippen LogP) is 2.71. The van der Waals surface area contributed by atoms with E-state index in [1.54, 1.807) is 24.3 Å². The summed E-state index contributed by atoms with van der Waals surface area (Å²) in [5.41, 5.74) is 0.979. The zero-order valence-electron chi connectivity index (χ0n) is 14.6. The molecule has 5 nitrogen and oxygen atoms in total. The highest BCUT2D eigenvalue weighted by atomic mass is 32.2. The Morgan fingerprint density at radius 2 is 1.71 bits per heavy atom. The third kappa shape index (κ3) is 5.05. The lowest BCUT2D eigenvalue weighted by atomic mass is 10.1. The van der Waals surface area contributed by atoms with E-state index in [-0.39, 0.29) is 10.8 Å². The molecule has 134 valence electrons. The minimum atomic E-state index is -3.40. The Bertz CT molecular complexity index is 633. The molecule has 0 saturated heterocycles. The molecule has 0 aliphatic heterocycles. The highest BCUT2D eigenvalue weighted by Crippen LogP contribution is 2.22. The van der Waals surface area contributed by atoms with Gasteiger partial charge in [-0.05, 0) is 44.0 Å². The summed E-state index contributed by atoms with van der Waals surface area (Å²) in [5.74, 6) is 0.175. The number of hydrogen-bond acceptors (Lipinski definition) is 3. The molecule has 1 aromatic carbocycles. The second-order valence-electron chi connectivity index (χ2n) is 6.50. The van der Waals surface area contributed by atoms with E-state index in [2.05, 4.69) is 4.72 Å². The lowest BCUT2D eigenvalue weighted by Gasteiger charge is -2.27. The molecule has 0 heterocycles. The minimum Gasteiger partial charge on any atom is -0.343 e. The third-order valence-electron chi connectivity index (χ3n) is 4.90. The maximum atomic E-state index is 12.4.